The van der Waals surface area contributed by atoms with E-state index < -0.39 is 17.1 Å². The van der Waals surface area contributed by atoms with Crippen LogP contribution >= 0.6 is 11.8 Å². The van der Waals surface area contributed by atoms with Gasteiger partial charge in [0.2, 0.25) is 5.91 Å². The zero-order chi connectivity index (χ0) is 24.1. The van der Waals surface area contributed by atoms with Gasteiger partial charge in [-0.2, -0.15) is 0 Å². The predicted octanol–water partition coefficient (Wildman–Crippen LogP) is 1.92. The number of hydrogen-bond donors (Lipinski definition) is 3. The fraction of sp³-hybridized carbons (Fsp3) is 0.136. The second-order valence-corrected chi connectivity index (χ2v) is 8.13. The number of aromatic amines is 2. The van der Waals surface area contributed by atoms with Crippen LogP contribution in [0.15, 0.2) is 69.3 Å². The van der Waals surface area contributed by atoms with Gasteiger partial charge in [0.1, 0.15) is 17.5 Å². The number of H-pyrrole nitrogens is 2. The van der Waals surface area contributed by atoms with Gasteiger partial charge < -0.3 is 10.3 Å². The maximum atomic E-state index is 13.5. The largest absolute Gasteiger partial charge is 0.351 e. The Morgan fingerprint density at radius 3 is 2.32 bits per heavy atom. The van der Waals surface area contributed by atoms with Crippen LogP contribution in [0, 0.1) is 11.6 Å². The Hall–Kier alpha value is -4.06. The number of nitrogens with one attached hydrogen (secondary N) is 3. The molecule has 0 unspecified atom stereocenters. The molecule has 0 fully saturated rings. The lowest BCUT2D eigenvalue weighted by Crippen LogP contribution is -2.24. The first-order chi connectivity index (χ1) is 16.4. The lowest BCUT2D eigenvalue weighted by molar-refractivity contribution is -0.118. The third kappa shape index (κ3) is 5.84. The molecule has 4 rings (SSSR count). The van der Waals surface area contributed by atoms with E-state index in [-0.39, 0.29) is 30.4 Å². The first kappa shape index (κ1) is 23.1. The van der Waals surface area contributed by atoms with E-state index in [9.17, 15) is 23.2 Å². The van der Waals surface area contributed by atoms with Crippen LogP contribution in [0.25, 0.3) is 5.69 Å². The van der Waals surface area contributed by atoms with Gasteiger partial charge in [-0.05, 0) is 42.0 Å². The minimum atomic E-state index is -0.650. The minimum Gasteiger partial charge on any atom is -0.351 e. The molecule has 0 aliphatic carbocycles. The third-order valence-electron chi connectivity index (χ3n) is 4.69. The molecule has 2 aromatic heterocycles. The van der Waals surface area contributed by atoms with Crippen LogP contribution in [-0.4, -0.2) is 36.4 Å². The Kier molecular flexibility index (Phi) is 6.97. The van der Waals surface area contributed by atoms with Crippen LogP contribution in [-0.2, 0) is 17.8 Å². The summed E-state index contributed by atoms with van der Waals surface area (Å²) in [7, 11) is 0. The number of carbonyl (C=O) groups is 1. The minimum absolute atomic E-state index is 0.0162. The number of hydrogen-bond acceptors (Lipinski definition) is 6. The first-order valence-corrected chi connectivity index (χ1v) is 11.0. The normalized spacial score (nSPS) is 10.9. The number of nitrogens with zero attached hydrogens (tertiary/aromatic N) is 3. The fourth-order valence-electron chi connectivity index (χ4n) is 3.13. The summed E-state index contributed by atoms with van der Waals surface area (Å²) in [6, 6.07) is 12.6. The van der Waals surface area contributed by atoms with Crippen LogP contribution in [0.1, 0.15) is 17.1 Å². The van der Waals surface area contributed by atoms with Crippen LogP contribution < -0.4 is 16.6 Å². The van der Waals surface area contributed by atoms with E-state index in [1.54, 1.807) is 16.7 Å². The van der Waals surface area contributed by atoms with E-state index in [0.29, 0.717) is 22.4 Å². The van der Waals surface area contributed by atoms with Crippen molar-refractivity contribution >= 4 is 17.7 Å². The molecule has 0 atom stereocenters. The van der Waals surface area contributed by atoms with Gasteiger partial charge in [-0.15, -0.1) is 10.2 Å². The van der Waals surface area contributed by atoms with Gasteiger partial charge in [-0.1, -0.05) is 23.9 Å². The maximum absolute atomic E-state index is 13.5. The van der Waals surface area contributed by atoms with Crippen molar-refractivity contribution in [1.29, 1.82) is 0 Å². The number of aromatic nitrogens is 5. The molecule has 34 heavy (non-hydrogen) atoms. The third-order valence-corrected chi connectivity index (χ3v) is 5.61. The molecule has 2 heterocycles. The van der Waals surface area contributed by atoms with Crippen LogP contribution in [0.4, 0.5) is 8.78 Å². The summed E-state index contributed by atoms with van der Waals surface area (Å²) >= 11 is 1.11. The molecule has 0 aliphatic rings. The SMILES string of the molecule is O=C(CSc1nnc(Cc2cc(=O)[nH]c(=O)[nH]2)n1-c1ccc(F)cc1)NCc1ccc(F)cc1. The van der Waals surface area contributed by atoms with Crippen LogP contribution in [0.5, 0.6) is 0 Å². The van der Waals surface area contributed by atoms with Gasteiger partial charge in [0.15, 0.2) is 5.16 Å². The number of carbonyl (C=O) groups excluding carboxylic acids is 1. The summed E-state index contributed by atoms with van der Waals surface area (Å²) in [5.41, 5.74) is 0.408. The quantitative estimate of drug-likeness (QED) is 0.328. The number of amides is 1. The van der Waals surface area contributed by atoms with Gasteiger partial charge in [0, 0.05) is 30.4 Å². The zero-order valence-corrected chi connectivity index (χ0v) is 18.4. The highest BCUT2D eigenvalue weighted by molar-refractivity contribution is 7.99. The van der Waals surface area contributed by atoms with Gasteiger partial charge in [-0.3, -0.25) is 19.1 Å². The van der Waals surface area contributed by atoms with Crippen LogP contribution in [0.2, 0.25) is 0 Å². The summed E-state index contributed by atoms with van der Waals surface area (Å²) in [6.45, 7) is 0.242. The Morgan fingerprint density at radius 2 is 1.65 bits per heavy atom. The van der Waals surface area contributed by atoms with Crippen molar-refractivity contribution < 1.29 is 13.6 Å². The second kappa shape index (κ2) is 10.3. The Morgan fingerprint density at radius 1 is 0.971 bits per heavy atom. The topological polar surface area (TPSA) is 126 Å². The lowest BCUT2D eigenvalue weighted by atomic mass is 10.2. The molecule has 0 aliphatic heterocycles. The van der Waals surface area contributed by atoms with Gasteiger partial charge >= 0.3 is 5.69 Å². The summed E-state index contributed by atoms with van der Waals surface area (Å²) in [4.78, 5) is 40.2. The number of thioether (sulfide) groups is 1. The van der Waals surface area contributed by atoms with Crippen molar-refractivity contribution in [3.05, 3.63) is 104 Å². The highest BCUT2D eigenvalue weighted by atomic mass is 32.2. The molecule has 0 radical (unpaired) electrons. The predicted molar refractivity (Wildman–Crippen MR) is 121 cm³/mol. The Labute approximate surface area is 195 Å². The highest BCUT2D eigenvalue weighted by Gasteiger charge is 2.17. The van der Waals surface area contributed by atoms with E-state index in [0.717, 1.165) is 17.3 Å². The molecule has 1 amide bonds. The van der Waals surface area contributed by atoms with Gasteiger partial charge in [0.25, 0.3) is 5.56 Å². The molecule has 12 heteroatoms. The number of halogens is 2. The molecular weight excluding hydrogens is 466 g/mol. The lowest BCUT2D eigenvalue weighted by Gasteiger charge is -2.10. The molecule has 4 aromatic rings. The maximum Gasteiger partial charge on any atom is 0.325 e. The van der Waals surface area contributed by atoms with Gasteiger partial charge in [-0.25, -0.2) is 13.6 Å². The monoisotopic (exact) mass is 484 g/mol. The molecule has 0 saturated heterocycles. The fourth-order valence-corrected chi connectivity index (χ4v) is 3.93. The zero-order valence-electron chi connectivity index (χ0n) is 17.5. The summed E-state index contributed by atoms with van der Waals surface area (Å²) < 4.78 is 28.1. The average molecular weight is 484 g/mol. The van der Waals surface area contributed by atoms with E-state index in [1.165, 1.54) is 42.5 Å². The molecule has 9 nitrogen and oxygen atoms in total. The van der Waals surface area contributed by atoms with Crippen molar-refractivity contribution in [3.8, 4) is 5.69 Å². The Balaban J connectivity index is 1.52. The van der Waals surface area contributed by atoms with E-state index >= 15 is 0 Å². The van der Waals surface area contributed by atoms with E-state index in [4.69, 9.17) is 0 Å². The van der Waals surface area contributed by atoms with Crippen molar-refractivity contribution in [3.63, 3.8) is 0 Å². The average Bonchev–Trinajstić information content (AvgIpc) is 3.19. The molecule has 0 saturated carbocycles. The Bertz CT molecular complexity index is 1390. The molecule has 0 spiro atoms. The highest BCUT2D eigenvalue weighted by Crippen LogP contribution is 2.23. The molecule has 3 N–H and O–H groups in total. The standard InChI is InChI=1S/C22H18F2N6O3S/c23-14-3-1-13(2-4-14)11-25-20(32)12-34-22-29-28-18(9-16-10-19(31)27-21(33)26-16)30(22)17-7-5-15(24)6-8-17/h1-8,10H,9,11-12H2,(H,25,32)(H2,26,27,31,33). The van der Waals surface area contributed by atoms with Crippen molar-refractivity contribution in [2.24, 2.45) is 0 Å². The molecule has 2 aromatic carbocycles. The summed E-state index contributed by atoms with van der Waals surface area (Å²) in [5.74, 6) is -0.662. The molecular formula is C22H18F2N6O3S. The van der Waals surface area contributed by atoms with E-state index in [1.807, 2.05) is 0 Å². The van der Waals surface area contributed by atoms with Crippen molar-refractivity contribution in [1.82, 2.24) is 30.0 Å². The second-order valence-electron chi connectivity index (χ2n) is 7.19. The summed E-state index contributed by atoms with van der Waals surface area (Å²) in [6.07, 6.45) is 0.0703. The van der Waals surface area contributed by atoms with Crippen molar-refractivity contribution in [2.45, 2.75) is 18.1 Å². The van der Waals surface area contributed by atoms with Crippen LogP contribution in [0.3, 0.4) is 0 Å². The first-order valence-electron chi connectivity index (χ1n) is 10.0. The van der Waals surface area contributed by atoms with E-state index in [2.05, 4.69) is 25.5 Å². The molecule has 0 bridgehead atoms. The summed E-state index contributed by atoms with van der Waals surface area (Å²) in [5, 5.41) is 11.4. The number of benzene rings is 2. The smallest absolute Gasteiger partial charge is 0.325 e. The number of rotatable bonds is 8. The van der Waals surface area contributed by atoms with Gasteiger partial charge in [0.05, 0.1) is 5.75 Å². The molecule has 174 valence electrons. The van der Waals surface area contributed by atoms with Crippen molar-refractivity contribution in [2.75, 3.05) is 5.75 Å².